The molecule has 3 rings (SSSR count). The molecule has 0 bridgehead atoms. The number of carbonyl (C=O) groups is 1. The number of hydrazine groups is 1. The normalized spacial score (nSPS) is 17.1. The summed E-state index contributed by atoms with van der Waals surface area (Å²) >= 11 is 0. The Morgan fingerprint density at radius 3 is 2.41 bits per heavy atom. The summed E-state index contributed by atoms with van der Waals surface area (Å²) < 4.78 is 0. The lowest BCUT2D eigenvalue weighted by Gasteiger charge is -2.29. The molecule has 2 aromatic rings. The summed E-state index contributed by atoms with van der Waals surface area (Å²) in [4.78, 5) is 13.9. The number of carbonyl (C=O) groups excluding carboxylic acids is 1. The third kappa shape index (κ3) is 2.21. The van der Waals surface area contributed by atoms with Crippen LogP contribution in [0.2, 0.25) is 0 Å². The smallest absolute Gasteiger partial charge is 0.224 e. The van der Waals surface area contributed by atoms with E-state index in [1.165, 1.54) is 0 Å². The summed E-state index contributed by atoms with van der Waals surface area (Å²) in [5, 5.41) is 0. The molecule has 1 aliphatic heterocycles. The molecular formula is C17H18N4O. The Kier molecular flexibility index (Phi) is 3.56. The maximum atomic E-state index is 12.1. The molecular weight excluding hydrogens is 276 g/mol. The van der Waals surface area contributed by atoms with Gasteiger partial charge in [-0.25, -0.2) is 0 Å². The molecule has 0 aromatic heterocycles. The fourth-order valence-corrected chi connectivity index (χ4v) is 2.81. The first-order valence-corrected chi connectivity index (χ1v) is 7.05. The van der Waals surface area contributed by atoms with Crippen molar-refractivity contribution in [2.24, 2.45) is 11.6 Å². The third-order valence-corrected chi connectivity index (χ3v) is 3.89. The van der Waals surface area contributed by atoms with Gasteiger partial charge in [0.15, 0.2) is 0 Å². The van der Waals surface area contributed by atoms with Crippen LogP contribution in [0.1, 0.15) is 23.6 Å². The number of nitrogens with zero attached hydrogens (tertiary/aromatic N) is 1. The van der Waals surface area contributed by atoms with Gasteiger partial charge in [0.05, 0.1) is 23.6 Å². The van der Waals surface area contributed by atoms with Crippen molar-refractivity contribution in [2.75, 3.05) is 4.90 Å². The predicted octanol–water partition coefficient (Wildman–Crippen LogP) is 1.80. The van der Waals surface area contributed by atoms with Gasteiger partial charge in [-0.2, -0.15) is 0 Å². The minimum absolute atomic E-state index is 0.0286. The van der Waals surface area contributed by atoms with Crippen LogP contribution in [0, 0.1) is 0 Å². The van der Waals surface area contributed by atoms with Gasteiger partial charge in [-0.05, 0) is 11.6 Å². The van der Waals surface area contributed by atoms with Crippen molar-refractivity contribution >= 4 is 23.0 Å². The summed E-state index contributed by atoms with van der Waals surface area (Å²) in [6, 6.07) is 15.4. The average molecular weight is 294 g/mol. The highest BCUT2D eigenvalue weighted by Crippen LogP contribution is 2.34. The highest BCUT2D eigenvalue weighted by molar-refractivity contribution is 6.00. The molecule has 22 heavy (non-hydrogen) atoms. The van der Waals surface area contributed by atoms with E-state index >= 15 is 0 Å². The molecule has 1 aliphatic rings. The van der Waals surface area contributed by atoms with Crippen LogP contribution in [-0.4, -0.2) is 5.91 Å². The minimum Gasteiger partial charge on any atom is -0.396 e. The van der Waals surface area contributed by atoms with E-state index in [2.05, 4.69) is 5.43 Å². The Labute approximate surface area is 129 Å². The van der Waals surface area contributed by atoms with Gasteiger partial charge in [0.2, 0.25) is 5.91 Å². The molecule has 5 heteroatoms. The second-order valence-corrected chi connectivity index (χ2v) is 5.21. The quantitative estimate of drug-likeness (QED) is 0.553. The summed E-state index contributed by atoms with van der Waals surface area (Å²) in [5.41, 5.74) is 13.7. The Bertz CT molecular complexity index is 767. The van der Waals surface area contributed by atoms with Crippen molar-refractivity contribution in [1.82, 2.24) is 5.43 Å². The number of hydrogen-bond donors (Lipinski definition) is 3. The molecule has 0 spiro atoms. The van der Waals surface area contributed by atoms with Gasteiger partial charge < -0.3 is 16.1 Å². The van der Waals surface area contributed by atoms with Crippen LogP contribution in [0.25, 0.3) is 11.4 Å². The highest BCUT2D eigenvalue weighted by Gasteiger charge is 2.23. The maximum absolute atomic E-state index is 12.1. The number of nitrogens with one attached hydrogen (secondary N) is 1. The van der Waals surface area contributed by atoms with Gasteiger partial charge in [0.1, 0.15) is 0 Å². The van der Waals surface area contributed by atoms with E-state index in [1.54, 1.807) is 11.8 Å². The van der Waals surface area contributed by atoms with Crippen molar-refractivity contribution in [3.05, 3.63) is 65.2 Å². The molecule has 112 valence electrons. The first-order valence-electron chi connectivity index (χ1n) is 7.05. The Morgan fingerprint density at radius 2 is 1.73 bits per heavy atom. The zero-order valence-electron chi connectivity index (χ0n) is 12.3. The lowest BCUT2D eigenvalue weighted by atomic mass is 9.96. The molecule has 5 nitrogen and oxygen atoms in total. The Morgan fingerprint density at radius 1 is 1.09 bits per heavy atom. The molecule has 1 amide bonds. The molecule has 1 heterocycles. The van der Waals surface area contributed by atoms with Crippen molar-refractivity contribution in [3.8, 4) is 0 Å². The first-order chi connectivity index (χ1) is 10.6. The standard InChI is InChI=1S/C17H18N4O/c1-11(22)21-10-12-6-2-3-7-13(12)16(18)17(20-19)14-8-4-5-9-15(14)21/h2-9,20H,10,18-19H2,1H3/b17-16-. The number of rotatable bonds is 1. The van der Waals surface area contributed by atoms with Crippen molar-refractivity contribution in [1.29, 1.82) is 0 Å². The van der Waals surface area contributed by atoms with Crippen molar-refractivity contribution in [2.45, 2.75) is 13.5 Å². The van der Waals surface area contributed by atoms with Crippen LogP contribution >= 0.6 is 0 Å². The van der Waals surface area contributed by atoms with E-state index < -0.39 is 0 Å². The summed E-state index contributed by atoms with van der Waals surface area (Å²) in [6.07, 6.45) is 0. The van der Waals surface area contributed by atoms with Gasteiger partial charge in [-0.3, -0.25) is 10.6 Å². The fourth-order valence-electron chi connectivity index (χ4n) is 2.81. The van der Waals surface area contributed by atoms with Crippen LogP contribution < -0.4 is 21.9 Å². The van der Waals surface area contributed by atoms with E-state index in [9.17, 15) is 4.79 Å². The average Bonchev–Trinajstić information content (AvgIpc) is 2.52. The number of anilines is 1. The summed E-state index contributed by atoms with van der Waals surface area (Å²) in [7, 11) is 0. The summed E-state index contributed by atoms with van der Waals surface area (Å²) in [5.74, 6) is 5.69. The number of benzene rings is 2. The van der Waals surface area contributed by atoms with Gasteiger partial charge in [-0.15, -0.1) is 0 Å². The molecule has 2 aromatic carbocycles. The molecule has 0 aliphatic carbocycles. The lowest BCUT2D eigenvalue weighted by Crippen LogP contribution is -2.33. The second-order valence-electron chi connectivity index (χ2n) is 5.21. The Hall–Kier alpha value is -2.79. The monoisotopic (exact) mass is 294 g/mol. The molecule has 0 radical (unpaired) electrons. The number of nitrogens with two attached hydrogens (primary N) is 2. The number of para-hydroxylation sites is 1. The molecule has 0 saturated carbocycles. The molecule has 5 N–H and O–H groups in total. The van der Waals surface area contributed by atoms with E-state index in [-0.39, 0.29) is 5.91 Å². The van der Waals surface area contributed by atoms with Gasteiger partial charge in [-0.1, -0.05) is 42.5 Å². The van der Waals surface area contributed by atoms with E-state index in [0.717, 1.165) is 22.4 Å². The van der Waals surface area contributed by atoms with Crippen LogP contribution in [0.15, 0.2) is 48.5 Å². The van der Waals surface area contributed by atoms with Crippen molar-refractivity contribution in [3.63, 3.8) is 0 Å². The molecule has 0 fully saturated rings. The molecule has 0 saturated heterocycles. The minimum atomic E-state index is -0.0286. The number of fused-ring (bicyclic) bond motifs is 2. The zero-order valence-corrected chi connectivity index (χ0v) is 12.3. The van der Waals surface area contributed by atoms with Crippen LogP contribution in [0.5, 0.6) is 0 Å². The van der Waals surface area contributed by atoms with E-state index in [0.29, 0.717) is 17.9 Å². The lowest BCUT2D eigenvalue weighted by molar-refractivity contribution is -0.116. The van der Waals surface area contributed by atoms with Crippen LogP contribution in [-0.2, 0) is 11.3 Å². The molecule has 0 atom stereocenters. The number of hydrogen-bond acceptors (Lipinski definition) is 4. The highest BCUT2D eigenvalue weighted by atomic mass is 16.2. The molecule has 0 unspecified atom stereocenters. The van der Waals surface area contributed by atoms with E-state index in [4.69, 9.17) is 11.6 Å². The van der Waals surface area contributed by atoms with Crippen LogP contribution in [0.4, 0.5) is 5.69 Å². The predicted molar refractivity (Wildman–Crippen MR) is 88.1 cm³/mol. The number of amides is 1. The van der Waals surface area contributed by atoms with Crippen LogP contribution in [0.3, 0.4) is 0 Å². The van der Waals surface area contributed by atoms with E-state index in [1.807, 2.05) is 48.5 Å². The largest absolute Gasteiger partial charge is 0.396 e. The van der Waals surface area contributed by atoms with Gasteiger partial charge in [0.25, 0.3) is 0 Å². The third-order valence-electron chi connectivity index (χ3n) is 3.89. The summed E-state index contributed by atoms with van der Waals surface area (Å²) in [6.45, 7) is 2.03. The van der Waals surface area contributed by atoms with Gasteiger partial charge in [0, 0.05) is 18.1 Å². The van der Waals surface area contributed by atoms with Crippen molar-refractivity contribution < 1.29 is 4.79 Å². The maximum Gasteiger partial charge on any atom is 0.224 e. The fraction of sp³-hybridized carbons (Fsp3) is 0.118. The van der Waals surface area contributed by atoms with Gasteiger partial charge >= 0.3 is 0 Å². The SMILES string of the molecule is CC(=O)N1Cc2ccccc2/C(N)=C(/NN)c2ccccc21. The first kappa shape index (κ1) is 14.2. The second kappa shape index (κ2) is 5.54. The topological polar surface area (TPSA) is 84.4 Å². The Balaban J connectivity index is 2.35. The zero-order chi connectivity index (χ0) is 15.7.